The lowest BCUT2D eigenvalue weighted by molar-refractivity contribution is 0.102. The summed E-state index contributed by atoms with van der Waals surface area (Å²) in [4.78, 5) is 3.38. The van der Waals surface area contributed by atoms with Gasteiger partial charge in [-0.05, 0) is 30.2 Å². The molecule has 1 atom stereocenters. The molecule has 1 rings (SSSR count). The monoisotopic (exact) mass is 350 g/mol. The number of hydrogen-bond donors (Lipinski definition) is 1. The van der Waals surface area contributed by atoms with Crippen molar-refractivity contribution in [2.24, 2.45) is 5.41 Å². The van der Waals surface area contributed by atoms with Crippen molar-refractivity contribution in [2.75, 3.05) is 6.26 Å². The summed E-state index contributed by atoms with van der Waals surface area (Å²) < 4.78 is 0. The highest BCUT2D eigenvalue weighted by Gasteiger charge is 2.28. The zero-order valence-electron chi connectivity index (χ0n) is 15.0. The Morgan fingerprint density at radius 2 is 1.87 bits per heavy atom. The molecule has 0 radical (unpaired) electrons. The lowest BCUT2D eigenvalue weighted by Gasteiger charge is -2.29. The molecule has 23 heavy (non-hydrogen) atoms. The molecule has 1 N–H and O–H groups in total. The van der Waals surface area contributed by atoms with Gasteiger partial charge in [0.05, 0.1) is 6.10 Å². The fraction of sp³-hybridized carbons (Fsp3) is 0.500. The second-order valence-electron chi connectivity index (χ2n) is 6.66. The molecule has 128 valence electrons. The van der Waals surface area contributed by atoms with Crippen LogP contribution in [0.2, 0.25) is 0 Å². The summed E-state index contributed by atoms with van der Waals surface area (Å²) in [5.74, 6) is 0. The van der Waals surface area contributed by atoms with Crippen LogP contribution in [-0.4, -0.2) is 17.5 Å². The first-order valence-electron chi connectivity index (χ1n) is 8.25. The number of thioether (sulfide) groups is 2. The molecule has 1 aromatic rings. The van der Waals surface area contributed by atoms with Crippen molar-refractivity contribution >= 4 is 23.5 Å². The first-order valence-corrected chi connectivity index (χ1v) is 10.3. The molecule has 0 fully saturated rings. The number of aliphatic hydroxyl groups is 1. The van der Waals surface area contributed by atoms with Crippen LogP contribution < -0.4 is 0 Å². The molecule has 0 aromatic heterocycles. The molecule has 1 aromatic carbocycles. The van der Waals surface area contributed by atoms with Gasteiger partial charge in [-0.3, -0.25) is 0 Å². The summed E-state index contributed by atoms with van der Waals surface area (Å²) >= 11 is 3.39. The van der Waals surface area contributed by atoms with E-state index in [2.05, 4.69) is 58.2 Å². The predicted octanol–water partition coefficient (Wildman–Crippen LogP) is 6.51. The molecule has 0 amide bonds. The van der Waals surface area contributed by atoms with Crippen LogP contribution in [0.4, 0.5) is 0 Å². The van der Waals surface area contributed by atoms with Gasteiger partial charge in [0.2, 0.25) is 0 Å². The van der Waals surface area contributed by atoms with Crippen molar-refractivity contribution in [1.82, 2.24) is 0 Å². The molecule has 0 saturated heterocycles. The van der Waals surface area contributed by atoms with Gasteiger partial charge in [0.15, 0.2) is 0 Å². The van der Waals surface area contributed by atoms with E-state index >= 15 is 0 Å². The van der Waals surface area contributed by atoms with E-state index in [1.807, 2.05) is 18.2 Å². The lowest BCUT2D eigenvalue weighted by atomic mass is 9.88. The Labute approximate surface area is 150 Å². The molecule has 1 nitrogen and oxygen atoms in total. The third-order valence-corrected chi connectivity index (χ3v) is 5.59. The minimum absolute atomic E-state index is 0.185. The summed E-state index contributed by atoms with van der Waals surface area (Å²) in [6.45, 7) is 8.46. The normalized spacial score (nSPS) is 14.9. The summed E-state index contributed by atoms with van der Waals surface area (Å²) in [6, 6.07) is 10.3. The molecule has 0 heterocycles. The number of hydrogen-bond acceptors (Lipinski definition) is 3. The number of benzene rings is 1. The van der Waals surface area contributed by atoms with Crippen LogP contribution in [0, 0.1) is 5.41 Å². The quantitative estimate of drug-likeness (QED) is 0.328. The third kappa shape index (κ3) is 7.19. The van der Waals surface area contributed by atoms with Gasteiger partial charge in [0.1, 0.15) is 0 Å². The minimum atomic E-state index is -0.481. The lowest BCUT2D eigenvalue weighted by Crippen LogP contribution is -2.27. The smallest absolute Gasteiger partial charge is 0.0911 e. The Morgan fingerprint density at radius 1 is 1.22 bits per heavy atom. The number of aliphatic hydroxyl groups excluding tert-OH is 1. The number of allylic oxidation sites excluding steroid dienone is 2. The largest absolute Gasteiger partial charge is 0.387 e. The van der Waals surface area contributed by atoms with Gasteiger partial charge in [-0.1, -0.05) is 82.6 Å². The minimum Gasteiger partial charge on any atom is -0.387 e. The maximum absolute atomic E-state index is 10.9. The van der Waals surface area contributed by atoms with E-state index < -0.39 is 6.10 Å². The van der Waals surface area contributed by atoms with Crippen molar-refractivity contribution in [3.05, 3.63) is 52.3 Å². The van der Waals surface area contributed by atoms with Crippen molar-refractivity contribution < 1.29 is 5.11 Å². The molecule has 0 saturated carbocycles. The van der Waals surface area contributed by atoms with Crippen LogP contribution >= 0.6 is 23.5 Å². The number of unbranched alkanes of at least 4 members (excludes halogenated alkanes) is 2. The molecule has 3 heteroatoms. The van der Waals surface area contributed by atoms with Crippen molar-refractivity contribution in [2.45, 2.75) is 58.0 Å². The van der Waals surface area contributed by atoms with Crippen LogP contribution in [0.1, 0.15) is 47.0 Å². The average molecular weight is 351 g/mol. The second kappa shape index (κ2) is 10.3. The zero-order chi connectivity index (χ0) is 17.3. The summed E-state index contributed by atoms with van der Waals surface area (Å²) in [5.41, 5.74) is -0.185. The summed E-state index contributed by atoms with van der Waals surface area (Å²) in [6.07, 6.45) is 9.53. The summed E-state index contributed by atoms with van der Waals surface area (Å²) in [5, 5.41) is 10.9. The van der Waals surface area contributed by atoms with Crippen LogP contribution in [0.5, 0.6) is 0 Å². The van der Waals surface area contributed by atoms with Crippen LogP contribution in [-0.2, 0) is 0 Å². The third-order valence-electron chi connectivity index (χ3n) is 3.50. The zero-order valence-corrected chi connectivity index (χ0v) is 16.6. The first-order chi connectivity index (χ1) is 10.9. The molecule has 0 bridgehead atoms. The molecular formula is C20H30OS2. The van der Waals surface area contributed by atoms with Crippen LogP contribution in [0.25, 0.3) is 0 Å². The Morgan fingerprint density at radius 3 is 2.39 bits per heavy atom. The molecular weight excluding hydrogens is 320 g/mol. The first kappa shape index (κ1) is 20.4. The van der Waals surface area contributed by atoms with Crippen molar-refractivity contribution in [3.8, 4) is 0 Å². The van der Waals surface area contributed by atoms with Gasteiger partial charge >= 0.3 is 0 Å². The van der Waals surface area contributed by atoms with E-state index in [1.54, 1.807) is 23.5 Å². The van der Waals surface area contributed by atoms with Gasteiger partial charge in [-0.15, -0.1) is 11.8 Å². The molecule has 0 aliphatic rings. The van der Waals surface area contributed by atoms with Gasteiger partial charge in [0.25, 0.3) is 0 Å². The van der Waals surface area contributed by atoms with Gasteiger partial charge < -0.3 is 5.11 Å². The molecule has 1 unspecified atom stereocenters. The van der Waals surface area contributed by atoms with E-state index in [0.29, 0.717) is 0 Å². The number of rotatable bonds is 8. The fourth-order valence-electron chi connectivity index (χ4n) is 2.01. The van der Waals surface area contributed by atoms with Gasteiger partial charge in [-0.25, -0.2) is 0 Å². The van der Waals surface area contributed by atoms with E-state index in [1.165, 1.54) is 17.7 Å². The SMILES string of the molecule is CCCC/C=C/C(SC)=C(\Sc1ccccc1)C(O)C(C)(C)C. The van der Waals surface area contributed by atoms with Gasteiger partial charge in [0, 0.05) is 14.7 Å². The fourth-order valence-corrected chi connectivity index (χ4v) is 4.11. The highest BCUT2D eigenvalue weighted by Crippen LogP contribution is 2.40. The maximum atomic E-state index is 10.9. The Bertz CT molecular complexity index is 512. The Balaban J connectivity index is 3.13. The molecule has 0 aliphatic carbocycles. The standard InChI is InChI=1S/C20H30OS2/c1-6-7-8-12-15-17(22-5)18(19(21)20(2,3)4)23-16-13-10-9-11-14-16/h9-15,19,21H,6-8H2,1-5H3/b15-12+,18-17+. The van der Waals surface area contributed by atoms with Crippen molar-refractivity contribution in [3.63, 3.8) is 0 Å². The Kier molecular flexibility index (Phi) is 9.11. The topological polar surface area (TPSA) is 20.2 Å². The Hall–Kier alpha value is -0.640. The molecule has 0 aliphatic heterocycles. The van der Waals surface area contributed by atoms with Crippen LogP contribution in [0.15, 0.2) is 57.2 Å². The summed E-state index contributed by atoms with van der Waals surface area (Å²) in [7, 11) is 0. The average Bonchev–Trinajstić information content (AvgIpc) is 2.53. The maximum Gasteiger partial charge on any atom is 0.0911 e. The van der Waals surface area contributed by atoms with E-state index in [4.69, 9.17) is 0 Å². The van der Waals surface area contributed by atoms with E-state index in [-0.39, 0.29) is 5.41 Å². The van der Waals surface area contributed by atoms with Crippen LogP contribution in [0.3, 0.4) is 0 Å². The highest BCUT2D eigenvalue weighted by atomic mass is 32.2. The van der Waals surface area contributed by atoms with Gasteiger partial charge in [-0.2, -0.15) is 0 Å². The van der Waals surface area contributed by atoms with E-state index in [9.17, 15) is 5.11 Å². The highest BCUT2D eigenvalue weighted by molar-refractivity contribution is 8.06. The second-order valence-corrected chi connectivity index (χ2v) is 8.62. The van der Waals surface area contributed by atoms with E-state index in [0.717, 1.165) is 16.2 Å². The predicted molar refractivity (Wildman–Crippen MR) is 107 cm³/mol. The van der Waals surface area contributed by atoms with Crippen molar-refractivity contribution in [1.29, 1.82) is 0 Å². The molecule has 0 spiro atoms.